The van der Waals surface area contributed by atoms with Gasteiger partial charge in [-0.15, -0.1) is 0 Å². The molecular formula is C17H31NO4. The summed E-state index contributed by atoms with van der Waals surface area (Å²) in [7, 11) is 0. The quantitative estimate of drug-likeness (QED) is 0.804. The second-order valence-electron chi connectivity index (χ2n) is 8.47. The predicted octanol–water partition coefficient (Wildman–Crippen LogP) is 3.66. The van der Waals surface area contributed by atoms with Crippen molar-refractivity contribution in [2.24, 2.45) is 11.3 Å². The van der Waals surface area contributed by atoms with Gasteiger partial charge in [0.05, 0.1) is 6.04 Å². The van der Waals surface area contributed by atoms with E-state index in [1.807, 2.05) is 27.7 Å². The van der Waals surface area contributed by atoms with E-state index in [2.05, 4.69) is 26.1 Å². The molecule has 1 amide bonds. The van der Waals surface area contributed by atoms with E-state index >= 15 is 0 Å². The smallest absolute Gasteiger partial charge is 0.408 e. The average Bonchev–Trinajstić information content (AvgIpc) is 2.30. The third-order valence-electron chi connectivity index (χ3n) is 3.66. The summed E-state index contributed by atoms with van der Waals surface area (Å²) in [5, 5.41) is 2.81. The monoisotopic (exact) mass is 313 g/mol. The van der Waals surface area contributed by atoms with E-state index in [0.29, 0.717) is 6.42 Å². The number of nitrogens with one attached hydrogen (secondary N) is 1. The number of hydrogen-bond donors (Lipinski definition) is 1. The lowest BCUT2D eigenvalue weighted by molar-refractivity contribution is -0.159. The molecule has 1 aliphatic carbocycles. The molecule has 128 valence electrons. The molecule has 1 saturated carbocycles. The number of alkyl carbamates (subject to hydrolysis) is 1. The standard InChI is InChI=1S/C17H31NO4/c1-11-10-12(21-13(19)8-9-16(2,3)4)14(11)18-15(20)22-17(5,6)7/h11-12,14H,8-10H2,1-7H3,(H,18,20). The van der Waals surface area contributed by atoms with Crippen molar-refractivity contribution in [2.75, 3.05) is 0 Å². The van der Waals surface area contributed by atoms with Gasteiger partial charge in [0.1, 0.15) is 11.7 Å². The lowest BCUT2D eigenvalue weighted by Gasteiger charge is -2.42. The van der Waals surface area contributed by atoms with Crippen molar-refractivity contribution in [3.05, 3.63) is 0 Å². The summed E-state index contributed by atoms with van der Waals surface area (Å²) in [6, 6.07) is -0.159. The molecule has 22 heavy (non-hydrogen) atoms. The molecule has 0 aliphatic heterocycles. The van der Waals surface area contributed by atoms with E-state index < -0.39 is 11.7 Å². The van der Waals surface area contributed by atoms with Crippen molar-refractivity contribution in [1.29, 1.82) is 0 Å². The molecule has 5 heteroatoms. The van der Waals surface area contributed by atoms with Gasteiger partial charge < -0.3 is 14.8 Å². The first-order chi connectivity index (χ1) is 9.87. The summed E-state index contributed by atoms with van der Waals surface area (Å²) in [5.74, 6) is 0.0933. The second kappa shape index (κ2) is 6.88. The van der Waals surface area contributed by atoms with Crippen molar-refractivity contribution < 1.29 is 19.1 Å². The Morgan fingerprint density at radius 3 is 2.18 bits per heavy atom. The van der Waals surface area contributed by atoms with Crippen LogP contribution in [0.3, 0.4) is 0 Å². The number of carbonyl (C=O) groups excluding carboxylic acids is 2. The summed E-state index contributed by atoms with van der Waals surface area (Å²) in [5.41, 5.74) is -0.421. The Hall–Kier alpha value is -1.26. The maximum atomic E-state index is 11.9. The Kier molecular flexibility index (Phi) is 5.88. The maximum Gasteiger partial charge on any atom is 0.408 e. The van der Waals surface area contributed by atoms with E-state index in [-0.39, 0.29) is 29.4 Å². The Labute approximate surface area is 134 Å². The lowest BCUT2D eigenvalue weighted by Crippen LogP contribution is -2.58. The number of rotatable bonds is 4. The molecule has 3 atom stereocenters. The minimum atomic E-state index is -0.532. The Bertz CT molecular complexity index is 406. The normalized spacial score (nSPS) is 25.1. The van der Waals surface area contributed by atoms with Gasteiger partial charge in [0.2, 0.25) is 0 Å². The fourth-order valence-corrected chi connectivity index (χ4v) is 2.34. The minimum absolute atomic E-state index is 0.111. The highest BCUT2D eigenvalue weighted by Crippen LogP contribution is 2.31. The van der Waals surface area contributed by atoms with Crippen LogP contribution >= 0.6 is 0 Å². The molecule has 0 aromatic heterocycles. The Morgan fingerprint density at radius 1 is 1.14 bits per heavy atom. The van der Waals surface area contributed by atoms with Crippen molar-refractivity contribution >= 4 is 12.1 Å². The maximum absolute atomic E-state index is 11.9. The molecule has 0 saturated heterocycles. The van der Waals surface area contributed by atoms with Gasteiger partial charge in [0.15, 0.2) is 0 Å². The SMILES string of the molecule is CC1CC(OC(=O)CCC(C)(C)C)C1NC(=O)OC(C)(C)C. The first-order valence-corrected chi connectivity index (χ1v) is 8.06. The van der Waals surface area contributed by atoms with Crippen molar-refractivity contribution in [1.82, 2.24) is 5.32 Å². The second-order valence-corrected chi connectivity index (χ2v) is 8.47. The van der Waals surface area contributed by atoms with Gasteiger partial charge >= 0.3 is 12.1 Å². The van der Waals surface area contributed by atoms with Crippen LogP contribution in [0.25, 0.3) is 0 Å². The van der Waals surface area contributed by atoms with Crippen LogP contribution in [0.1, 0.15) is 67.7 Å². The third kappa shape index (κ3) is 6.67. The Balaban J connectivity index is 2.42. The fraction of sp³-hybridized carbons (Fsp3) is 0.882. The molecular weight excluding hydrogens is 282 g/mol. The van der Waals surface area contributed by atoms with Crippen LogP contribution in [-0.2, 0) is 14.3 Å². The first kappa shape index (κ1) is 18.8. The molecule has 0 bridgehead atoms. The van der Waals surface area contributed by atoms with Crippen molar-refractivity contribution in [3.63, 3.8) is 0 Å². The van der Waals surface area contributed by atoms with Gasteiger partial charge in [-0.1, -0.05) is 27.7 Å². The van der Waals surface area contributed by atoms with E-state index in [4.69, 9.17) is 9.47 Å². The molecule has 1 rings (SSSR count). The topological polar surface area (TPSA) is 64.6 Å². The molecule has 3 unspecified atom stereocenters. The van der Waals surface area contributed by atoms with Crippen LogP contribution < -0.4 is 5.32 Å². The van der Waals surface area contributed by atoms with Gasteiger partial charge in [-0.25, -0.2) is 4.79 Å². The van der Waals surface area contributed by atoms with Gasteiger partial charge in [0, 0.05) is 6.42 Å². The molecule has 0 radical (unpaired) electrons. The molecule has 1 aliphatic rings. The molecule has 0 heterocycles. The molecule has 0 aromatic carbocycles. The van der Waals surface area contributed by atoms with E-state index in [9.17, 15) is 9.59 Å². The molecule has 1 fully saturated rings. The summed E-state index contributed by atoms with van der Waals surface area (Å²) in [6.45, 7) is 13.8. The number of amides is 1. The first-order valence-electron chi connectivity index (χ1n) is 8.06. The number of hydrogen-bond acceptors (Lipinski definition) is 4. The van der Waals surface area contributed by atoms with Crippen molar-refractivity contribution in [2.45, 2.75) is 85.5 Å². The molecule has 0 spiro atoms. The largest absolute Gasteiger partial charge is 0.460 e. The Morgan fingerprint density at radius 2 is 1.73 bits per heavy atom. The zero-order chi connectivity index (χ0) is 17.1. The molecule has 5 nitrogen and oxygen atoms in total. The van der Waals surface area contributed by atoms with Crippen LogP contribution in [0.2, 0.25) is 0 Å². The van der Waals surface area contributed by atoms with Crippen molar-refractivity contribution in [3.8, 4) is 0 Å². The fourth-order valence-electron chi connectivity index (χ4n) is 2.34. The predicted molar refractivity (Wildman–Crippen MR) is 85.5 cm³/mol. The summed E-state index contributed by atoms with van der Waals surface area (Å²) in [4.78, 5) is 23.7. The molecule has 0 aromatic rings. The van der Waals surface area contributed by atoms with Crippen LogP contribution in [0.4, 0.5) is 4.79 Å². The van der Waals surface area contributed by atoms with Crippen LogP contribution in [0.5, 0.6) is 0 Å². The van der Waals surface area contributed by atoms with Gasteiger partial charge in [-0.3, -0.25) is 4.79 Å². The van der Waals surface area contributed by atoms with Gasteiger partial charge in [-0.05, 0) is 44.9 Å². The highest BCUT2D eigenvalue weighted by atomic mass is 16.6. The van der Waals surface area contributed by atoms with Gasteiger partial charge in [-0.2, -0.15) is 0 Å². The van der Waals surface area contributed by atoms with E-state index in [0.717, 1.165) is 12.8 Å². The van der Waals surface area contributed by atoms with Crippen LogP contribution in [-0.4, -0.2) is 29.8 Å². The molecule has 1 N–H and O–H groups in total. The highest BCUT2D eigenvalue weighted by molar-refractivity contribution is 5.70. The number of esters is 1. The van der Waals surface area contributed by atoms with E-state index in [1.54, 1.807) is 0 Å². The summed E-state index contributed by atoms with van der Waals surface area (Å²) < 4.78 is 10.7. The highest BCUT2D eigenvalue weighted by Gasteiger charge is 2.42. The number of ether oxygens (including phenoxy) is 2. The average molecular weight is 313 g/mol. The number of carbonyl (C=O) groups is 2. The lowest BCUT2D eigenvalue weighted by atomic mass is 9.78. The summed E-state index contributed by atoms with van der Waals surface area (Å²) >= 11 is 0. The van der Waals surface area contributed by atoms with Crippen LogP contribution in [0, 0.1) is 11.3 Å². The third-order valence-corrected chi connectivity index (χ3v) is 3.66. The minimum Gasteiger partial charge on any atom is -0.460 e. The van der Waals surface area contributed by atoms with E-state index in [1.165, 1.54) is 0 Å². The summed E-state index contributed by atoms with van der Waals surface area (Å²) in [6.07, 6.45) is 1.28. The zero-order valence-electron chi connectivity index (χ0n) is 15.0. The van der Waals surface area contributed by atoms with Crippen LogP contribution in [0.15, 0.2) is 0 Å². The van der Waals surface area contributed by atoms with Gasteiger partial charge in [0.25, 0.3) is 0 Å². The zero-order valence-corrected chi connectivity index (χ0v) is 15.0.